The first-order valence-corrected chi connectivity index (χ1v) is 8.72. The van der Waals surface area contributed by atoms with Crippen molar-refractivity contribution in [3.63, 3.8) is 0 Å². The average molecular weight is 350 g/mol. The van der Waals surface area contributed by atoms with Gasteiger partial charge in [0.25, 0.3) is 5.91 Å². The van der Waals surface area contributed by atoms with E-state index in [2.05, 4.69) is 44.2 Å². The van der Waals surface area contributed by atoms with Crippen molar-refractivity contribution in [1.82, 2.24) is 19.9 Å². The van der Waals surface area contributed by atoms with Crippen LogP contribution in [-0.2, 0) is 0 Å². The number of H-pyrrole nitrogens is 1. The van der Waals surface area contributed by atoms with Crippen LogP contribution in [0.2, 0.25) is 0 Å². The SMILES string of the molecule is CN(C)C1CCN(c2ccc(NC(=O)c3cc4cccnc4[nH]3)nc2)C1. The maximum Gasteiger partial charge on any atom is 0.273 e. The van der Waals surface area contributed by atoms with Gasteiger partial charge in [0.1, 0.15) is 17.2 Å². The average Bonchev–Trinajstić information content (AvgIpc) is 3.29. The van der Waals surface area contributed by atoms with Crippen molar-refractivity contribution in [1.29, 1.82) is 0 Å². The lowest BCUT2D eigenvalue weighted by atomic mass is 10.2. The molecule has 1 aliphatic heterocycles. The Balaban J connectivity index is 1.43. The van der Waals surface area contributed by atoms with Gasteiger partial charge in [0.05, 0.1) is 11.9 Å². The number of carbonyl (C=O) groups is 1. The fourth-order valence-corrected chi connectivity index (χ4v) is 3.31. The Kier molecular flexibility index (Phi) is 4.30. The van der Waals surface area contributed by atoms with Gasteiger partial charge >= 0.3 is 0 Å². The number of anilines is 2. The molecule has 0 aromatic carbocycles. The summed E-state index contributed by atoms with van der Waals surface area (Å²) in [5.41, 5.74) is 2.26. The van der Waals surface area contributed by atoms with Crippen LogP contribution in [0.4, 0.5) is 11.5 Å². The normalized spacial score (nSPS) is 17.2. The minimum Gasteiger partial charge on any atom is -0.369 e. The molecule has 1 unspecified atom stereocenters. The first-order chi connectivity index (χ1) is 12.6. The number of hydrogen-bond donors (Lipinski definition) is 2. The third kappa shape index (κ3) is 3.25. The predicted molar refractivity (Wildman–Crippen MR) is 103 cm³/mol. The van der Waals surface area contributed by atoms with Gasteiger partial charge in [-0.05, 0) is 50.8 Å². The molecular formula is C19H22N6O. The lowest BCUT2D eigenvalue weighted by molar-refractivity contribution is 0.102. The fourth-order valence-electron chi connectivity index (χ4n) is 3.31. The second-order valence-corrected chi connectivity index (χ2v) is 6.83. The van der Waals surface area contributed by atoms with Gasteiger partial charge in [-0.1, -0.05) is 0 Å². The van der Waals surface area contributed by atoms with Crippen LogP contribution in [0.3, 0.4) is 0 Å². The molecule has 0 spiro atoms. The number of likely N-dealkylation sites (N-methyl/N-ethyl adjacent to an activating group) is 1. The Morgan fingerprint density at radius 3 is 2.88 bits per heavy atom. The van der Waals surface area contributed by atoms with Gasteiger partial charge in [0.2, 0.25) is 0 Å². The Morgan fingerprint density at radius 2 is 2.19 bits per heavy atom. The van der Waals surface area contributed by atoms with Crippen LogP contribution in [-0.4, -0.2) is 59.0 Å². The lowest BCUT2D eigenvalue weighted by Gasteiger charge is -2.21. The number of hydrogen-bond acceptors (Lipinski definition) is 5. The first-order valence-electron chi connectivity index (χ1n) is 8.72. The highest BCUT2D eigenvalue weighted by molar-refractivity contribution is 6.05. The molecule has 26 heavy (non-hydrogen) atoms. The van der Waals surface area contributed by atoms with E-state index >= 15 is 0 Å². The number of nitrogens with one attached hydrogen (secondary N) is 2. The number of rotatable bonds is 4. The van der Waals surface area contributed by atoms with Gasteiger partial charge in [-0.15, -0.1) is 0 Å². The topological polar surface area (TPSA) is 77.1 Å². The van der Waals surface area contributed by atoms with Crippen molar-refractivity contribution in [2.75, 3.05) is 37.4 Å². The van der Waals surface area contributed by atoms with Gasteiger partial charge in [0.15, 0.2) is 0 Å². The molecule has 1 aliphatic rings. The van der Waals surface area contributed by atoms with Crippen LogP contribution in [0.15, 0.2) is 42.7 Å². The zero-order valence-corrected chi connectivity index (χ0v) is 14.9. The van der Waals surface area contributed by atoms with Crippen molar-refractivity contribution in [2.45, 2.75) is 12.5 Å². The number of nitrogens with zero attached hydrogens (tertiary/aromatic N) is 4. The third-order valence-electron chi connectivity index (χ3n) is 4.88. The van der Waals surface area contributed by atoms with E-state index in [9.17, 15) is 4.79 Å². The number of aromatic amines is 1. The van der Waals surface area contributed by atoms with E-state index in [4.69, 9.17) is 0 Å². The lowest BCUT2D eigenvalue weighted by Crippen LogP contribution is -2.31. The molecule has 1 fully saturated rings. The molecule has 0 saturated carbocycles. The van der Waals surface area contributed by atoms with Crippen molar-refractivity contribution in [2.24, 2.45) is 0 Å². The fraction of sp³-hybridized carbons (Fsp3) is 0.316. The summed E-state index contributed by atoms with van der Waals surface area (Å²) in [4.78, 5) is 28.6. The summed E-state index contributed by atoms with van der Waals surface area (Å²) < 4.78 is 0. The maximum atomic E-state index is 12.4. The summed E-state index contributed by atoms with van der Waals surface area (Å²) >= 11 is 0. The molecule has 1 saturated heterocycles. The second-order valence-electron chi connectivity index (χ2n) is 6.83. The molecule has 2 N–H and O–H groups in total. The molecule has 7 nitrogen and oxygen atoms in total. The van der Waals surface area contributed by atoms with Crippen molar-refractivity contribution < 1.29 is 4.79 Å². The molecule has 0 bridgehead atoms. The zero-order chi connectivity index (χ0) is 18.1. The van der Waals surface area contributed by atoms with E-state index in [1.807, 2.05) is 30.5 Å². The van der Waals surface area contributed by atoms with E-state index in [0.29, 0.717) is 23.2 Å². The smallest absolute Gasteiger partial charge is 0.273 e. The molecule has 0 aliphatic carbocycles. The Labute approximate surface area is 152 Å². The molecule has 7 heteroatoms. The number of amides is 1. The summed E-state index contributed by atoms with van der Waals surface area (Å²) in [5.74, 6) is 0.311. The van der Waals surface area contributed by atoms with Crippen LogP contribution in [0.25, 0.3) is 11.0 Å². The monoisotopic (exact) mass is 350 g/mol. The summed E-state index contributed by atoms with van der Waals surface area (Å²) in [6, 6.07) is 9.98. The predicted octanol–water partition coefficient (Wildman–Crippen LogP) is 2.35. The van der Waals surface area contributed by atoms with Crippen molar-refractivity contribution in [3.8, 4) is 0 Å². The van der Waals surface area contributed by atoms with Crippen molar-refractivity contribution in [3.05, 3.63) is 48.4 Å². The summed E-state index contributed by atoms with van der Waals surface area (Å²) in [6.45, 7) is 2.03. The van der Waals surface area contributed by atoms with Gasteiger partial charge in [0, 0.05) is 30.7 Å². The van der Waals surface area contributed by atoms with Gasteiger partial charge in [-0.25, -0.2) is 9.97 Å². The highest BCUT2D eigenvalue weighted by Gasteiger charge is 2.24. The Hall–Kier alpha value is -2.93. The summed E-state index contributed by atoms with van der Waals surface area (Å²) in [5, 5.41) is 3.74. The molecule has 134 valence electrons. The van der Waals surface area contributed by atoms with E-state index in [1.54, 1.807) is 12.3 Å². The van der Waals surface area contributed by atoms with Crippen molar-refractivity contribution >= 4 is 28.4 Å². The molecule has 4 heterocycles. The van der Waals surface area contributed by atoms with Crippen LogP contribution in [0.1, 0.15) is 16.9 Å². The summed E-state index contributed by atoms with van der Waals surface area (Å²) in [6.07, 6.45) is 4.67. The van der Waals surface area contributed by atoms with Gasteiger partial charge < -0.3 is 20.1 Å². The number of aromatic nitrogens is 3. The number of pyridine rings is 2. The Morgan fingerprint density at radius 1 is 1.31 bits per heavy atom. The van der Waals surface area contributed by atoms with Crippen LogP contribution in [0.5, 0.6) is 0 Å². The standard InChI is InChI=1S/C19H22N6O/c1-24(2)15-7-9-25(12-15)14-5-6-17(21-11-14)23-19(26)16-10-13-4-3-8-20-18(13)22-16/h3-6,8,10-11,15H,7,9,12H2,1-2H3,(H,20,22)(H,21,23,26). The quantitative estimate of drug-likeness (QED) is 0.755. The minimum atomic E-state index is -0.225. The largest absolute Gasteiger partial charge is 0.369 e. The molecule has 1 atom stereocenters. The van der Waals surface area contributed by atoms with E-state index in [-0.39, 0.29) is 5.91 Å². The molecule has 4 rings (SSSR count). The maximum absolute atomic E-state index is 12.4. The highest BCUT2D eigenvalue weighted by Crippen LogP contribution is 2.22. The van der Waals surface area contributed by atoms with Crippen LogP contribution >= 0.6 is 0 Å². The molecule has 0 radical (unpaired) electrons. The molecule has 3 aromatic rings. The molecule has 3 aromatic heterocycles. The van der Waals surface area contributed by atoms with Gasteiger partial charge in [-0.3, -0.25) is 4.79 Å². The number of fused-ring (bicyclic) bond motifs is 1. The zero-order valence-electron chi connectivity index (χ0n) is 14.9. The highest BCUT2D eigenvalue weighted by atomic mass is 16.1. The molecule has 1 amide bonds. The van der Waals surface area contributed by atoms with Crippen LogP contribution < -0.4 is 10.2 Å². The van der Waals surface area contributed by atoms with Gasteiger partial charge in [-0.2, -0.15) is 0 Å². The number of carbonyl (C=O) groups excluding carboxylic acids is 1. The second kappa shape index (κ2) is 6.76. The minimum absolute atomic E-state index is 0.225. The first kappa shape index (κ1) is 16.5. The third-order valence-corrected chi connectivity index (χ3v) is 4.88. The Bertz CT molecular complexity index is 884. The molecular weight excluding hydrogens is 328 g/mol. The van der Waals surface area contributed by atoms with Crippen LogP contribution in [0, 0.1) is 0 Å². The summed E-state index contributed by atoms with van der Waals surface area (Å²) in [7, 11) is 4.23. The van der Waals surface area contributed by atoms with E-state index in [0.717, 1.165) is 30.6 Å². The van der Waals surface area contributed by atoms with E-state index in [1.165, 1.54) is 0 Å². The van der Waals surface area contributed by atoms with E-state index < -0.39 is 0 Å².